The molecule has 2 aliphatic carbocycles. The third-order valence-electron chi connectivity index (χ3n) is 6.10. The van der Waals surface area contributed by atoms with E-state index in [2.05, 4.69) is 16.1 Å². The summed E-state index contributed by atoms with van der Waals surface area (Å²) in [6.45, 7) is -1.33. The standard InChI is InChI=1S/C19H27NO4.C3H4F2O3/c1-20-18(21)8-7-12-5-6-14-10-16-13(9-15(12)14)3-2-4-17(16)24-11-19(22)23;4-2(5)1-8-3(6)7/h2-4,12,14-15,18,20-21H,5-11H2,1H3,(H,22,23);2H,1H2,(H,6,7). The summed E-state index contributed by atoms with van der Waals surface area (Å²) in [5, 5.41) is 29.1. The molecule has 2 aliphatic rings. The summed E-state index contributed by atoms with van der Waals surface area (Å²) in [4.78, 5) is 20.1. The highest BCUT2D eigenvalue weighted by molar-refractivity contribution is 5.68. The van der Waals surface area contributed by atoms with Crippen LogP contribution in [0.2, 0.25) is 0 Å². The van der Waals surface area contributed by atoms with Crippen molar-refractivity contribution in [2.24, 2.45) is 17.8 Å². The first-order valence-corrected chi connectivity index (χ1v) is 10.7. The van der Waals surface area contributed by atoms with Gasteiger partial charge in [0.1, 0.15) is 12.0 Å². The van der Waals surface area contributed by atoms with Crippen LogP contribution in [0.4, 0.5) is 13.6 Å². The van der Waals surface area contributed by atoms with E-state index in [1.165, 1.54) is 24.0 Å². The zero-order valence-electron chi connectivity index (χ0n) is 18.0. The molecule has 8 nitrogen and oxygen atoms in total. The number of aliphatic hydroxyl groups excluding tert-OH is 1. The first-order valence-electron chi connectivity index (χ1n) is 10.7. The Kier molecular flexibility index (Phi) is 10.1. The average molecular weight is 459 g/mol. The Morgan fingerprint density at radius 1 is 1.22 bits per heavy atom. The summed E-state index contributed by atoms with van der Waals surface area (Å²) in [7, 11) is 1.79. The Hall–Kier alpha value is -2.46. The van der Waals surface area contributed by atoms with Crippen molar-refractivity contribution in [1.82, 2.24) is 5.32 Å². The minimum atomic E-state index is -2.72. The van der Waals surface area contributed by atoms with E-state index < -0.39 is 31.4 Å². The number of halogens is 2. The number of carbonyl (C=O) groups is 2. The molecular formula is C22H31F2NO7. The van der Waals surface area contributed by atoms with E-state index in [0.717, 1.165) is 31.4 Å². The van der Waals surface area contributed by atoms with Crippen LogP contribution in [0.25, 0.3) is 0 Å². The quantitative estimate of drug-likeness (QED) is 0.328. The number of alkyl halides is 2. The lowest BCUT2D eigenvalue weighted by molar-refractivity contribution is -0.139. The minimum Gasteiger partial charge on any atom is -0.482 e. The molecule has 3 rings (SSSR count). The second-order valence-corrected chi connectivity index (χ2v) is 8.10. The number of rotatable bonds is 9. The van der Waals surface area contributed by atoms with Gasteiger partial charge in [0.05, 0.1) is 0 Å². The van der Waals surface area contributed by atoms with Gasteiger partial charge < -0.3 is 24.8 Å². The van der Waals surface area contributed by atoms with Crippen molar-refractivity contribution >= 4 is 12.1 Å². The van der Waals surface area contributed by atoms with E-state index in [0.29, 0.717) is 17.8 Å². The number of benzene rings is 1. The second kappa shape index (κ2) is 12.5. The molecule has 180 valence electrons. The summed E-state index contributed by atoms with van der Waals surface area (Å²) in [6, 6.07) is 6.00. The minimum absolute atomic E-state index is 0.283. The number of nitrogens with one attached hydrogen (secondary N) is 1. The maximum atomic E-state index is 11.0. The van der Waals surface area contributed by atoms with Gasteiger partial charge in [0.2, 0.25) is 0 Å². The molecule has 0 aromatic heterocycles. The summed E-state index contributed by atoms with van der Waals surface area (Å²) in [6.07, 6.45) is 1.55. The van der Waals surface area contributed by atoms with Crippen LogP contribution >= 0.6 is 0 Å². The van der Waals surface area contributed by atoms with Crippen LogP contribution in [0.3, 0.4) is 0 Å². The van der Waals surface area contributed by atoms with Gasteiger partial charge >= 0.3 is 12.1 Å². The highest BCUT2D eigenvalue weighted by Gasteiger charge is 2.39. The fourth-order valence-corrected chi connectivity index (χ4v) is 4.66. The monoisotopic (exact) mass is 459 g/mol. The van der Waals surface area contributed by atoms with E-state index >= 15 is 0 Å². The number of hydrogen-bond donors (Lipinski definition) is 4. The zero-order valence-corrected chi connectivity index (χ0v) is 18.0. The molecule has 4 atom stereocenters. The summed E-state index contributed by atoms with van der Waals surface area (Å²) >= 11 is 0. The Labute approximate surface area is 185 Å². The molecular weight excluding hydrogens is 428 g/mol. The number of carboxylic acids is 1. The zero-order chi connectivity index (χ0) is 23.7. The molecule has 10 heteroatoms. The molecule has 0 spiro atoms. The van der Waals surface area contributed by atoms with Gasteiger partial charge in [-0.15, -0.1) is 0 Å². The Morgan fingerprint density at radius 3 is 2.56 bits per heavy atom. The van der Waals surface area contributed by atoms with Gasteiger partial charge in [0.25, 0.3) is 6.43 Å². The van der Waals surface area contributed by atoms with E-state index in [1.54, 1.807) is 7.05 Å². The third kappa shape index (κ3) is 7.90. The molecule has 0 heterocycles. The highest BCUT2D eigenvalue weighted by Crippen LogP contribution is 2.48. The number of ether oxygens (including phenoxy) is 2. The van der Waals surface area contributed by atoms with Crippen LogP contribution in [0.15, 0.2) is 18.2 Å². The Balaban J connectivity index is 0.000000390. The molecule has 0 amide bonds. The number of aliphatic hydroxyl groups is 1. The summed E-state index contributed by atoms with van der Waals surface area (Å²) in [5.74, 6) is 1.81. The fourth-order valence-electron chi connectivity index (χ4n) is 4.66. The summed E-state index contributed by atoms with van der Waals surface area (Å²) in [5.41, 5.74) is 2.51. The lowest BCUT2D eigenvalue weighted by atomic mass is 9.74. The van der Waals surface area contributed by atoms with Crippen molar-refractivity contribution < 1.29 is 43.2 Å². The van der Waals surface area contributed by atoms with E-state index in [1.807, 2.05) is 12.1 Å². The van der Waals surface area contributed by atoms with Crippen LogP contribution in [-0.2, 0) is 22.4 Å². The first kappa shape index (κ1) is 25.8. The van der Waals surface area contributed by atoms with Crippen LogP contribution in [0.1, 0.15) is 36.8 Å². The van der Waals surface area contributed by atoms with Gasteiger partial charge in [-0.05, 0) is 80.5 Å². The van der Waals surface area contributed by atoms with Crippen molar-refractivity contribution in [2.45, 2.75) is 51.2 Å². The topological polar surface area (TPSA) is 125 Å². The van der Waals surface area contributed by atoms with Gasteiger partial charge in [-0.3, -0.25) is 5.32 Å². The summed E-state index contributed by atoms with van der Waals surface area (Å²) < 4.78 is 31.0. The lowest BCUT2D eigenvalue weighted by Crippen LogP contribution is -2.28. The number of hydrogen-bond acceptors (Lipinski definition) is 6. The predicted molar refractivity (Wildman–Crippen MR) is 111 cm³/mol. The van der Waals surface area contributed by atoms with Gasteiger partial charge in [0.15, 0.2) is 13.2 Å². The highest BCUT2D eigenvalue weighted by atomic mass is 19.3. The van der Waals surface area contributed by atoms with Gasteiger partial charge in [-0.2, -0.15) is 0 Å². The van der Waals surface area contributed by atoms with Gasteiger partial charge in [0, 0.05) is 0 Å². The van der Waals surface area contributed by atoms with Gasteiger partial charge in [-0.25, -0.2) is 18.4 Å². The molecule has 1 aromatic carbocycles. The Bertz CT molecular complexity index is 762. The molecule has 1 aromatic rings. The van der Waals surface area contributed by atoms with Crippen molar-refractivity contribution in [1.29, 1.82) is 0 Å². The van der Waals surface area contributed by atoms with Crippen molar-refractivity contribution in [3.05, 3.63) is 29.3 Å². The molecule has 0 saturated heterocycles. The van der Waals surface area contributed by atoms with Crippen LogP contribution in [0, 0.1) is 17.8 Å². The molecule has 0 bridgehead atoms. The maximum Gasteiger partial charge on any atom is 0.505 e. The van der Waals surface area contributed by atoms with E-state index in [9.17, 15) is 23.5 Å². The normalized spacial score (nSPS) is 22.2. The molecule has 0 radical (unpaired) electrons. The molecule has 4 N–H and O–H groups in total. The third-order valence-corrected chi connectivity index (χ3v) is 6.10. The second-order valence-electron chi connectivity index (χ2n) is 8.10. The molecule has 1 fully saturated rings. The van der Waals surface area contributed by atoms with Crippen molar-refractivity contribution in [3.8, 4) is 5.75 Å². The molecule has 0 aliphatic heterocycles. The first-order chi connectivity index (χ1) is 15.2. The van der Waals surface area contributed by atoms with Crippen LogP contribution in [-0.4, -0.2) is 60.4 Å². The van der Waals surface area contributed by atoms with Crippen LogP contribution < -0.4 is 10.1 Å². The predicted octanol–water partition coefficient (Wildman–Crippen LogP) is 3.16. The maximum absolute atomic E-state index is 11.0. The largest absolute Gasteiger partial charge is 0.505 e. The fraction of sp³-hybridized carbons (Fsp3) is 0.636. The lowest BCUT2D eigenvalue weighted by Gasteiger charge is -2.32. The Morgan fingerprint density at radius 2 is 1.97 bits per heavy atom. The van der Waals surface area contributed by atoms with Crippen molar-refractivity contribution in [3.63, 3.8) is 0 Å². The van der Waals surface area contributed by atoms with E-state index in [-0.39, 0.29) is 6.61 Å². The smallest absolute Gasteiger partial charge is 0.482 e. The number of fused-ring (bicyclic) bond motifs is 2. The average Bonchev–Trinajstić information content (AvgIpc) is 3.15. The SMILES string of the molecule is CNC(O)CCC1CCC2Cc3c(cccc3OCC(=O)O)CC12.O=C(O)OCC(F)F. The molecule has 32 heavy (non-hydrogen) atoms. The number of carboxylic acid groups (broad SMARTS) is 2. The molecule has 4 unspecified atom stereocenters. The van der Waals surface area contributed by atoms with E-state index in [4.69, 9.17) is 14.9 Å². The molecule has 1 saturated carbocycles. The number of aliphatic carboxylic acids is 1. The van der Waals surface area contributed by atoms with Crippen molar-refractivity contribution in [2.75, 3.05) is 20.3 Å². The van der Waals surface area contributed by atoms with Gasteiger partial charge in [-0.1, -0.05) is 12.1 Å². The van der Waals surface area contributed by atoms with Crippen LogP contribution in [0.5, 0.6) is 5.75 Å².